The van der Waals surface area contributed by atoms with Gasteiger partial charge in [-0.25, -0.2) is 4.39 Å². The van der Waals surface area contributed by atoms with E-state index in [1.807, 2.05) is 49.1 Å². The highest BCUT2D eigenvalue weighted by atomic mass is 19.1. The maximum Gasteiger partial charge on any atom is 0.225 e. The lowest BCUT2D eigenvalue weighted by Crippen LogP contribution is -2.43. The number of fused-ring (bicyclic) bond motifs is 1. The fourth-order valence-corrected chi connectivity index (χ4v) is 3.77. The second-order valence-electron chi connectivity index (χ2n) is 7.86. The van der Waals surface area contributed by atoms with Gasteiger partial charge in [-0.1, -0.05) is 32.0 Å². The molecule has 1 aromatic heterocycles. The summed E-state index contributed by atoms with van der Waals surface area (Å²) in [7, 11) is 0. The third-order valence-electron chi connectivity index (χ3n) is 5.39. The summed E-state index contributed by atoms with van der Waals surface area (Å²) in [6, 6.07) is 14.7. The summed E-state index contributed by atoms with van der Waals surface area (Å²) in [6.07, 6.45) is 3.22. The van der Waals surface area contributed by atoms with Gasteiger partial charge < -0.3 is 9.64 Å². The molecule has 2 heterocycles. The molecule has 150 valence electrons. The molecule has 0 radical (unpaired) electrons. The van der Waals surface area contributed by atoms with Gasteiger partial charge in [-0.3, -0.25) is 9.78 Å². The summed E-state index contributed by atoms with van der Waals surface area (Å²) in [4.78, 5) is 18.4. The van der Waals surface area contributed by atoms with E-state index >= 15 is 0 Å². The zero-order valence-electron chi connectivity index (χ0n) is 16.8. The van der Waals surface area contributed by atoms with Crippen LogP contribution in [-0.4, -0.2) is 35.0 Å². The zero-order valence-corrected chi connectivity index (χ0v) is 16.8. The van der Waals surface area contributed by atoms with Gasteiger partial charge in [-0.2, -0.15) is 0 Å². The average Bonchev–Trinajstić information content (AvgIpc) is 2.73. The topological polar surface area (TPSA) is 42.4 Å². The SMILES string of the molecule is CC(C)C(=O)N1CCC(Oc2ccc(-c3cnc4ccccc4c3)c(F)c2)CC1. The first-order chi connectivity index (χ1) is 14.0. The van der Waals surface area contributed by atoms with Crippen LogP contribution in [0, 0.1) is 11.7 Å². The molecule has 1 amide bonds. The van der Waals surface area contributed by atoms with E-state index in [2.05, 4.69) is 4.98 Å². The summed E-state index contributed by atoms with van der Waals surface area (Å²) in [5.74, 6) is 0.391. The summed E-state index contributed by atoms with van der Waals surface area (Å²) in [5.41, 5.74) is 2.14. The molecule has 4 nitrogen and oxygen atoms in total. The standard InChI is InChI=1S/C24H25FN2O2/c1-16(2)24(28)27-11-9-19(10-12-27)29-20-7-8-21(22(25)14-20)18-13-17-5-3-4-6-23(17)26-15-18/h3-8,13-16,19H,9-12H2,1-2H3. The third kappa shape index (κ3) is 4.24. The van der Waals surface area contributed by atoms with Crippen molar-refractivity contribution in [2.24, 2.45) is 5.92 Å². The molecule has 29 heavy (non-hydrogen) atoms. The summed E-state index contributed by atoms with van der Waals surface area (Å²) in [6.45, 7) is 5.20. The number of likely N-dealkylation sites (tertiary alicyclic amines) is 1. The Morgan fingerprint density at radius 2 is 1.90 bits per heavy atom. The number of aromatic nitrogens is 1. The summed E-state index contributed by atoms with van der Waals surface area (Å²) >= 11 is 0. The highest BCUT2D eigenvalue weighted by Gasteiger charge is 2.25. The van der Waals surface area contributed by atoms with E-state index in [4.69, 9.17) is 4.74 Å². The van der Waals surface area contributed by atoms with Crippen LogP contribution in [0.25, 0.3) is 22.0 Å². The predicted molar refractivity (Wildman–Crippen MR) is 112 cm³/mol. The third-order valence-corrected chi connectivity index (χ3v) is 5.39. The van der Waals surface area contributed by atoms with E-state index in [0.717, 1.165) is 29.3 Å². The minimum absolute atomic E-state index is 0.00111. The lowest BCUT2D eigenvalue weighted by molar-refractivity contribution is -0.136. The second-order valence-corrected chi connectivity index (χ2v) is 7.86. The zero-order chi connectivity index (χ0) is 20.4. The lowest BCUT2D eigenvalue weighted by Gasteiger charge is -2.33. The Bertz CT molecular complexity index is 1030. The Hall–Kier alpha value is -2.95. The quantitative estimate of drug-likeness (QED) is 0.623. The van der Waals surface area contributed by atoms with Crippen LogP contribution in [0.4, 0.5) is 4.39 Å². The van der Waals surface area contributed by atoms with Crippen LogP contribution in [0.1, 0.15) is 26.7 Å². The Labute approximate surface area is 170 Å². The van der Waals surface area contributed by atoms with Gasteiger partial charge in [-0.15, -0.1) is 0 Å². The van der Waals surface area contributed by atoms with Crippen molar-refractivity contribution >= 4 is 16.8 Å². The lowest BCUT2D eigenvalue weighted by atomic mass is 10.0. The van der Waals surface area contributed by atoms with Crippen molar-refractivity contribution in [3.05, 3.63) is 60.5 Å². The van der Waals surface area contributed by atoms with E-state index in [-0.39, 0.29) is 23.7 Å². The number of halogens is 1. The molecule has 0 unspecified atom stereocenters. The first-order valence-corrected chi connectivity index (χ1v) is 10.1. The smallest absolute Gasteiger partial charge is 0.225 e. The fourth-order valence-electron chi connectivity index (χ4n) is 3.77. The summed E-state index contributed by atoms with van der Waals surface area (Å²) < 4.78 is 20.8. The molecule has 0 N–H and O–H groups in total. The molecule has 2 aromatic carbocycles. The largest absolute Gasteiger partial charge is 0.490 e. The predicted octanol–water partition coefficient (Wildman–Crippen LogP) is 5.07. The van der Waals surface area contributed by atoms with Crippen molar-refractivity contribution in [2.45, 2.75) is 32.8 Å². The van der Waals surface area contributed by atoms with E-state index in [1.54, 1.807) is 18.3 Å². The molecule has 4 rings (SSSR count). The molecule has 0 spiro atoms. The van der Waals surface area contributed by atoms with Crippen molar-refractivity contribution in [3.8, 4) is 16.9 Å². The maximum atomic E-state index is 14.8. The number of carbonyl (C=O) groups excluding carboxylic acids is 1. The number of ether oxygens (including phenoxy) is 1. The summed E-state index contributed by atoms with van der Waals surface area (Å²) in [5, 5.41) is 0.979. The number of benzene rings is 2. The molecule has 1 fully saturated rings. The number of carbonyl (C=O) groups is 1. The molecule has 0 bridgehead atoms. The fraction of sp³-hybridized carbons (Fsp3) is 0.333. The minimum Gasteiger partial charge on any atom is -0.490 e. The van der Waals surface area contributed by atoms with Gasteiger partial charge in [0.25, 0.3) is 0 Å². The van der Waals surface area contributed by atoms with Crippen LogP contribution in [-0.2, 0) is 4.79 Å². The Kier molecular flexibility index (Phi) is 5.47. The van der Waals surface area contributed by atoms with Crippen molar-refractivity contribution in [1.29, 1.82) is 0 Å². The van der Waals surface area contributed by atoms with Gasteiger partial charge in [0.05, 0.1) is 5.52 Å². The van der Waals surface area contributed by atoms with Crippen LogP contribution in [0.15, 0.2) is 54.7 Å². The molecular formula is C24H25FN2O2. The van der Waals surface area contributed by atoms with E-state index < -0.39 is 0 Å². The number of hydrogen-bond donors (Lipinski definition) is 0. The van der Waals surface area contributed by atoms with Crippen molar-refractivity contribution in [1.82, 2.24) is 9.88 Å². The van der Waals surface area contributed by atoms with Gasteiger partial charge in [0.1, 0.15) is 17.7 Å². The number of nitrogens with zero attached hydrogens (tertiary/aromatic N) is 2. The molecule has 3 aromatic rings. The van der Waals surface area contributed by atoms with Crippen LogP contribution >= 0.6 is 0 Å². The molecule has 5 heteroatoms. The Balaban J connectivity index is 1.44. The number of pyridine rings is 1. The highest BCUT2D eigenvalue weighted by Crippen LogP contribution is 2.29. The van der Waals surface area contributed by atoms with Gasteiger partial charge >= 0.3 is 0 Å². The molecular weight excluding hydrogens is 367 g/mol. The number of hydrogen-bond acceptors (Lipinski definition) is 3. The van der Waals surface area contributed by atoms with Gasteiger partial charge in [-0.05, 0) is 24.3 Å². The van der Waals surface area contributed by atoms with Gasteiger partial charge in [0, 0.05) is 60.6 Å². The maximum absolute atomic E-state index is 14.8. The molecule has 1 aliphatic rings. The first-order valence-electron chi connectivity index (χ1n) is 10.1. The number of rotatable bonds is 4. The average molecular weight is 392 g/mol. The van der Waals surface area contributed by atoms with Crippen molar-refractivity contribution in [3.63, 3.8) is 0 Å². The minimum atomic E-state index is -0.327. The van der Waals surface area contributed by atoms with Gasteiger partial charge in [0.15, 0.2) is 0 Å². The Morgan fingerprint density at radius 1 is 1.14 bits per heavy atom. The normalized spacial score (nSPS) is 15.1. The highest BCUT2D eigenvalue weighted by molar-refractivity contribution is 5.83. The molecule has 0 aliphatic carbocycles. The molecule has 1 aliphatic heterocycles. The second kappa shape index (κ2) is 8.19. The van der Waals surface area contributed by atoms with E-state index in [0.29, 0.717) is 24.4 Å². The van der Waals surface area contributed by atoms with E-state index in [1.165, 1.54) is 6.07 Å². The first kappa shape index (κ1) is 19.4. The van der Waals surface area contributed by atoms with E-state index in [9.17, 15) is 9.18 Å². The number of para-hydroxylation sites is 1. The van der Waals surface area contributed by atoms with Crippen molar-refractivity contribution in [2.75, 3.05) is 13.1 Å². The van der Waals surface area contributed by atoms with Crippen LogP contribution in [0.5, 0.6) is 5.75 Å². The number of piperidine rings is 1. The monoisotopic (exact) mass is 392 g/mol. The van der Waals surface area contributed by atoms with Gasteiger partial charge in [0.2, 0.25) is 5.91 Å². The van der Waals surface area contributed by atoms with Crippen LogP contribution in [0.3, 0.4) is 0 Å². The Morgan fingerprint density at radius 3 is 2.62 bits per heavy atom. The van der Waals surface area contributed by atoms with Crippen molar-refractivity contribution < 1.29 is 13.9 Å². The van der Waals surface area contributed by atoms with Crippen LogP contribution in [0.2, 0.25) is 0 Å². The molecule has 0 saturated carbocycles. The number of amides is 1. The molecule has 0 atom stereocenters. The van der Waals surface area contributed by atoms with Crippen LogP contribution < -0.4 is 4.74 Å². The molecule has 1 saturated heterocycles.